The monoisotopic (exact) mass is 213 g/mol. The Labute approximate surface area is 50.5 Å². The number of rotatable bonds is 2. The van der Waals surface area contributed by atoms with E-state index in [4.69, 9.17) is 0 Å². The molecule has 0 aromatic rings. The Balaban J connectivity index is 2.97. The van der Waals surface area contributed by atoms with Gasteiger partial charge in [0, 0.05) is 0 Å². The van der Waals surface area contributed by atoms with E-state index < -0.39 is 20.9 Å². The summed E-state index contributed by atoms with van der Waals surface area (Å²) >= 11 is -3.73. The average Bonchev–Trinajstić information content (AvgIpc) is 1.61. The molecule has 0 atom stereocenters. The number of halogens is 2. The maximum absolute atomic E-state index is 11.4. The van der Waals surface area contributed by atoms with E-state index in [1.807, 2.05) is 0 Å². The predicted molar refractivity (Wildman–Crippen MR) is 27.6 cm³/mol. The third-order valence-electron chi connectivity index (χ3n) is 0.508. The molecule has 0 spiro atoms. The normalized spacial score (nSPS) is 11.4. The second-order valence-electron chi connectivity index (χ2n) is 1.11. The van der Waals surface area contributed by atoms with Gasteiger partial charge in [-0.15, -0.1) is 0 Å². The van der Waals surface area contributed by atoms with E-state index in [9.17, 15) is 5.73 Å². The number of hydrogen-bond donors (Lipinski definition) is 0. The summed E-state index contributed by atoms with van der Waals surface area (Å²) in [6, 6.07) is 0. The van der Waals surface area contributed by atoms with Crippen LogP contribution in [0.2, 0.25) is 4.44 Å². The van der Waals surface area contributed by atoms with Crippen LogP contribution in [0.25, 0.3) is 0 Å². The van der Waals surface area contributed by atoms with Crippen molar-refractivity contribution in [3.63, 3.8) is 0 Å². The van der Waals surface area contributed by atoms with Crippen LogP contribution in [0.1, 0.15) is 6.92 Å². The van der Waals surface area contributed by atoms with Crippen LogP contribution >= 0.6 is 0 Å². The maximum atomic E-state index is 11.4. The quantitative estimate of drug-likeness (QED) is 0.484. The van der Waals surface area contributed by atoms with Crippen LogP contribution in [0, 0.1) is 0 Å². The molecule has 0 heterocycles. The molecule has 0 saturated carbocycles. The molecular weight excluding hydrogens is 205 g/mol. The van der Waals surface area contributed by atoms with Crippen molar-refractivity contribution in [1.82, 2.24) is 0 Å². The molecule has 0 aliphatic rings. The average molecular weight is 212 g/mol. The molecule has 0 unspecified atom stereocenters. The summed E-state index contributed by atoms with van der Waals surface area (Å²) in [5.74, 6) is 0. The SMILES string of the molecule is C/C=C/[CH2][Sn]([F])[F]. The van der Waals surface area contributed by atoms with Gasteiger partial charge >= 0.3 is 50.2 Å². The van der Waals surface area contributed by atoms with E-state index in [1.165, 1.54) is 6.08 Å². The first kappa shape index (κ1) is 7.40. The fraction of sp³-hybridized carbons (Fsp3) is 0.500. The summed E-state index contributed by atoms with van der Waals surface area (Å²) < 4.78 is 22.8. The molecule has 0 nitrogen and oxygen atoms in total. The Kier molecular flexibility index (Phi) is 4.81. The molecule has 0 saturated heterocycles. The van der Waals surface area contributed by atoms with Crippen molar-refractivity contribution in [3.05, 3.63) is 12.2 Å². The molecule has 0 rings (SSSR count). The standard InChI is InChI=1S/C4H7.2FH.Sn/c1-3-4-2;;;/h3-4H,1H2,2H3;2*1H;/q;;;+2/p-2/b4-3+;;;. The van der Waals surface area contributed by atoms with Crippen molar-refractivity contribution in [3.8, 4) is 0 Å². The van der Waals surface area contributed by atoms with E-state index in [0.29, 0.717) is 0 Å². The molecule has 41 valence electrons. The van der Waals surface area contributed by atoms with Gasteiger partial charge in [-0.1, -0.05) is 0 Å². The Morgan fingerprint density at radius 2 is 2.14 bits per heavy atom. The van der Waals surface area contributed by atoms with Crippen molar-refractivity contribution >= 4 is 20.9 Å². The summed E-state index contributed by atoms with van der Waals surface area (Å²) in [5, 5.41) is 0. The van der Waals surface area contributed by atoms with Gasteiger partial charge in [-0.2, -0.15) is 0 Å². The first-order valence-corrected chi connectivity index (χ1v) is 6.23. The molecule has 7 heavy (non-hydrogen) atoms. The predicted octanol–water partition coefficient (Wildman–Crippen LogP) is 1.99. The molecule has 0 bridgehead atoms. The van der Waals surface area contributed by atoms with Crippen molar-refractivity contribution in [2.24, 2.45) is 0 Å². The van der Waals surface area contributed by atoms with Crippen molar-refractivity contribution in [2.75, 3.05) is 0 Å². The fourth-order valence-corrected chi connectivity index (χ4v) is 1.39. The summed E-state index contributed by atoms with van der Waals surface area (Å²) in [6.07, 6.45) is 3.20. The minimum atomic E-state index is -3.73. The third-order valence-corrected chi connectivity index (χ3v) is 2.06. The zero-order valence-electron chi connectivity index (χ0n) is 4.12. The third kappa shape index (κ3) is 6.40. The Morgan fingerprint density at radius 1 is 1.57 bits per heavy atom. The van der Waals surface area contributed by atoms with Crippen LogP contribution < -0.4 is 0 Å². The van der Waals surface area contributed by atoms with Crippen LogP contribution in [-0.2, 0) is 0 Å². The van der Waals surface area contributed by atoms with E-state index in [0.717, 1.165) is 0 Å². The summed E-state index contributed by atoms with van der Waals surface area (Å²) in [5.41, 5.74) is 0. The number of allylic oxidation sites excluding steroid dienone is 2. The zero-order chi connectivity index (χ0) is 5.70. The van der Waals surface area contributed by atoms with Gasteiger partial charge in [0.25, 0.3) is 0 Å². The van der Waals surface area contributed by atoms with E-state index in [2.05, 4.69) is 0 Å². The summed E-state index contributed by atoms with van der Waals surface area (Å²) in [6.45, 7) is 1.76. The molecule has 3 heteroatoms. The van der Waals surface area contributed by atoms with Gasteiger partial charge in [-0.3, -0.25) is 0 Å². The zero-order valence-corrected chi connectivity index (χ0v) is 6.97. The molecule has 0 aromatic heterocycles. The van der Waals surface area contributed by atoms with Crippen LogP contribution in [0.3, 0.4) is 0 Å². The summed E-state index contributed by atoms with van der Waals surface area (Å²) in [4.78, 5) is 0. The molecule has 0 amide bonds. The van der Waals surface area contributed by atoms with E-state index in [-0.39, 0.29) is 4.44 Å². The van der Waals surface area contributed by atoms with Gasteiger partial charge in [0.2, 0.25) is 0 Å². The van der Waals surface area contributed by atoms with Gasteiger partial charge in [0.05, 0.1) is 0 Å². The summed E-state index contributed by atoms with van der Waals surface area (Å²) in [7, 11) is 0. The first-order valence-electron chi connectivity index (χ1n) is 2.05. The van der Waals surface area contributed by atoms with E-state index in [1.54, 1.807) is 13.0 Å². The molecule has 1 radical (unpaired) electrons. The topological polar surface area (TPSA) is 0 Å². The Morgan fingerprint density at radius 3 is 2.29 bits per heavy atom. The Hall–Kier alpha value is 0.399. The minimum absolute atomic E-state index is 0.0821. The first-order chi connectivity index (χ1) is 3.27. The molecule has 0 fully saturated rings. The molecule has 0 N–H and O–H groups in total. The van der Waals surface area contributed by atoms with Crippen molar-refractivity contribution < 1.29 is 5.73 Å². The molecule has 0 aliphatic heterocycles. The van der Waals surface area contributed by atoms with Crippen molar-refractivity contribution in [1.29, 1.82) is 0 Å². The second kappa shape index (κ2) is 4.55. The molecule has 0 aliphatic carbocycles. The van der Waals surface area contributed by atoms with Gasteiger partial charge in [0.15, 0.2) is 0 Å². The Bertz CT molecular complexity index is 60.7. The van der Waals surface area contributed by atoms with Crippen LogP contribution in [0.15, 0.2) is 12.2 Å². The van der Waals surface area contributed by atoms with Gasteiger partial charge in [0.1, 0.15) is 0 Å². The van der Waals surface area contributed by atoms with E-state index >= 15 is 0 Å². The van der Waals surface area contributed by atoms with Gasteiger partial charge in [-0.05, 0) is 0 Å². The van der Waals surface area contributed by atoms with Crippen molar-refractivity contribution in [2.45, 2.75) is 11.4 Å². The van der Waals surface area contributed by atoms with Gasteiger partial charge < -0.3 is 0 Å². The van der Waals surface area contributed by atoms with Crippen LogP contribution in [0.4, 0.5) is 5.73 Å². The number of hydrogen-bond acceptors (Lipinski definition) is 0. The van der Waals surface area contributed by atoms with Gasteiger partial charge in [-0.25, -0.2) is 0 Å². The fourth-order valence-electron chi connectivity index (χ4n) is 0.207. The molecule has 0 aromatic carbocycles. The molecular formula is C4H7F2Sn. The van der Waals surface area contributed by atoms with Crippen LogP contribution in [0.5, 0.6) is 0 Å². The second-order valence-corrected chi connectivity index (χ2v) is 4.21. The van der Waals surface area contributed by atoms with Crippen LogP contribution in [-0.4, -0.2) is 20.9 Å².